The average Bonchev–Trinajstić information content (AvgIpc) is 2.09. The number of benzene rings is 1. The minimum absolute atomic E-state index is 0.740. The Labute approximate surface area is 69.3 Å². The van der Waals surface area contributed by atoms with Crippen molar-refractivity contribution < 1.29 is 0 Å². The Kier molecular flexibility index (Phi) is 3.15. The van der Waals surface area contributed by atoms with Gasteiger partial charge in [0, 0.05) is 0 Å². The monoisotopic (exact) mass is 147 g/mol. The number of hydrogen-bond donors (Lipinski definition) is 0. The van der Waals surface area contributed by atoms with Crippen molar-refractivity contribution in [3.63, 3.8) is 0 Å². The molecule has 0 heterocycles. The van der Waals surface area contributed by atoms with E-state index >= 15 is 0 Å². The Hall–Kier alpha value is -0.780. The molecule has 0 aliphatic carbocycles. The largest absolute Gasteiger partial charge is 0.0648 e. The Morgan fingerprint density at radius 2 is 1.73 bits per heavy atom. The van der Waals surface area contributed by atoms with Gasteiger partial charge in [0.15, 0.2) is 0 Å². The lowest BCUT2D eigenvalue weighted by Crippen LogP contribution is -1.93. The van der Waals surface area contributed by atoms with Gasteiger partial charge in [-0.15, -0.1) is 0 Å². The van der Waals surface area contributed by atoms with Gasteiger partial charge in [-0.2, -0.15) is 0 Å². The molecule has 0 amide bonds. The molecule has 0 N–H and O–H groups in total. The Balaban J connectivity index is 2.74. The third kappa shape index (κ3) is 2.07. The summed E-state index contributed by atoms with van der Waals surface area (Å²) in [5.74, 6) is 0.740. The lowest BCUT2D eigenvalue weighted by atomic mass is 9.94. The highest BCUT2D eigenvalue weighted by molar-refractivity contribution is 5.18. The number of hydrogen-bond acceptors (Lipinski definition) is 0. The highest BCUT2D eigenvalue weighted by atomic mass is 14.1. The van der Waals surface area contributed by atoms with E-state index in [0.29, 0.717) is 0 Å². The zero-order valence-corrected chi connectivity index (χ0v) is 7.30. The smallest absolute Gasteiger partial charge is 0.0167 e. The summed E-state index contributed by atoms with van der Waals surface area (Å²) in [6, 6.07) is 11.4. The van der Waals surface area contributed by atoms with Gasteiger partial charge < -0.3 is 0 Å². The molecular formula is C11H15. The van der Waals surface area contributed by atoms with Gasteiger partial charge in [-0.3, -0.25) is 0 Å². The first-order valence-corrected chi connectivity index (χ1v) is 4.34. The van der Waals surface area contributed by atoms with E-state index in [-0.39, 0.29) is 0 Å². The fourth-order valence-corrected chi connectivity index (χ4v) is 1.43. The van der Waals surface area contributed by atoms with Crippen molar-refractivity contribution in [3.8, 4) is 0 Å². The molecule has 0 atom stereocenters. The fourth-order valence-electron chi connectivity index (χ4n) is 1.43. The van der Waals surface area contributed by atoms with Crippen LogP contribution in [0.2, 0.25) is 0 Å². The Morgan fingerprint density at radius 1 is 1.18 bits per heavy atom. The van der Waals surface area contributed by atoms with E-state index in [1.165, 1.54) is 18.4 Å². The van der Waals surface area contributed by atoms with Gasteiger partial charge >= 0.3 is 0 Å². The molecule has 1 rings (SSSR count). The molecular weight excluding hydrogens is 132 g/mol. The van der Waals surface area contributed by atoms with Crippen LogP contribution in [0.1, 0.15) is 38.2 Å². The molecule has 0 saturated carbocycles. The standard InChI is InChI=1S/C11H15/c1-3-10(4-2)11-8-6-5-7-9-11/h6-10H,3-4H2,1-2H3. The summed E-state index contributed by atoms with van der Waals surface area (Å²) in [6.45, 7) is 4.48. The zero-order chi connectivity index (χ0) is 8.10. The van der Waals surface area contributed by atoms with Gasteiger partial charge in [-0.05, 0) is 30.4 Å². The van der Waals surface area contributed by atoms with E-state index in [9.17, 15) is 0 Å². The van der Waals surface area contributed by atoms with Crippen LogP contribution >= 0.6 is 0 Å². The van der Waals surface area contributed by atoms with E-state index in [1.54, 1.807) is 0 Å². The molecule has 59 valence electrons. The second-order valence-electron chi connectivity index (χ2n) is 2.85. The predicted octanol–water partition coefficient (Wildman–Crippen LogP) is 3.39. The lowest BCUT2D eigenvalue weighted by molar-refractivity contribution is 0.642. The van der Waals surface area contributed by atoms with Gasteiger partial charge in [0.1, 0.15) is 0 Å². The predicted molar refractivity (Wildman–Crippen MR) is 48.6 cm³/mol. The van der Waals surface area contributed by atoms with Gasteiger partial charge in [-0.1, -0.05) is 38.1 Å². The quantitative estimate of drug-likeness (QED) is 0.614. The van der Waals surface area contributed by atoms with E-state index in [2.05, 4.69) is 32.0 Å². The SMILES string of the molecule is CCC(CC)c1cc[c]cc1. The van der Waals surface area contributed by atoms with Gasteiger partial charge in [-0.25, -0.2) is 0 Å². The molecule has 0 bridgehead atoms. The van der Waals surface area contributed by atoms with E-state index in [0.717, 1.165) is 5.92 Å². The summed E-state index contributed by atoms with van der Waals surface area (Å²) in [4.78, 5) is 0. The average molecular weight is 147 g/mol. The maximum Gasteiger partial charge on any atom is -0.0167 e. The maximum absolute atomic E-state index is 3.04. The van der Waals surface area contributed by atoms with Crippen molar-refractivity contribution in [2.75, 3.05) is 0 Å². The van der Waals surface area contributed by atoms with Crippen molar-refractivity contribution in [1.29, 1.82) is 0 Å². The van der Waals surface area contributed by atoms with Crippen molar-refractivity contribution in [3.05, 3.63) is 35.9 Å². The fraction of sp³-hybridized carbons (Fsp3) is 0.455. The molecule has 11 heavy (non-hydrogen) atoms. The van der Waals surface area contributed by atoms with Crippen LogP contribution in [0.3, 0.4) is 0 Å². The molecule has 0 saturated heterocycles. The molecule has 0 aliphatic heterocycles. The summed E-state index contributed by atoms with van der Waals surface area (Å²) >= 11 is 0. The molecule has 0 heteroatoms. The van der Waals surface area contributed by atoms with Crippen LogP contribution in [0, 0.1) is 6.07 Å². The van der Waals surface area contributed by atoms with Gasteiger partial charge in [0.25, 0.3) is 0 Å². The van der Waals surface area contributed by atoms with Crippen molar-refractivity contribution in [1.82, 2.24) is 0 Å². The normalized spacial score (nSPS) is 10.5. The molecule has 1 aromatic carbocycles. The van der Waals surface area contributed by atoms with Gasteiger partial charge in [0.05, 0.1) is 0 Å². The first kappa shape index (κ1) is 8.32. The van der Waals surface area contributed by atoms with Crippen LogP contribution < -0.4 is 0 Å². The summed E-state index contributed by atoms with van der Waals surface area (Å²) in [7, 11) is 0. The first-order valence-electron chi connectivity index (χ1n) is 4.34. The van der Waals surface area contributed by atoms with Crippen LogP contribution in [-0.2, 0) is 0 Å². The third-order valence-corrected chi connectivity index (χ3v) is 2.20. The summed E-state index contributed by atoms with van der Waals surface area (Å²) in [5.41, 5.74) is 1.45. The second kappa shape index (κ2) is 4.17. The molecule has 0 unspecified atom stereocenters. The molecule has 0 fully saturated rings. The van der Waals surface area contributed by atoms with Crippen LogP contribution in [0.15, 0.2) is 24.3 Å². The van der Waals surface area contributed by atoms with E-state index in [1.807, 2.05) is 12.1 Å². The molecule has 1 aromatic rings. The Morgan fingerprint density at radius 3 is 2.18 bits per heavy atom. The van der Waals surface area contributed by atoms with Crippen LogP contribution in [0.5, 0.6) is 0 Å². The third-order valence-electron chi connectivity index (χ3n) is 2.20. The molecule has 0 spiro atoms. The number of rotatable bonds is 3. The highest BCUT2D eigenvalue weighted by Crippen LogP contribution is 2.21. The topological polar surface area (TPSA) is 0 Å². The van der Waals surface area contributed by atoms with Crippen molar-refractivity contribution >= 4 is 0 Å². The summed E-state index contributed by atoms with van der Waals surface area (Å²) in [5, 5.41) is 0. The minimum atomic E-state index is 0.740. The van der Waals surface area contributed by atoms with Crippen molar-refractivity contribution in [2.45, 2.75) is 32.6 Å². The molecule has 1 radical (unpaired) electrons. The van der Waals surface area contributed by atoms with Crippen LogP contribution in [0.25, 0.3) is 0 Å². The van der Waals surface area contributed by atoms with Crippen LogP contribution in [-0.4, -0.2) is 0 Å². The first-order chi connectivity index (χ1) is 5.38. The molecule has 0 aliphatic rings. The molecule has 0 nitrogen and oxygen atoms in total. The Bertz CT molecular complexity index is 184. The van der Waals surface area contributed by atoms with Gasteiger partial charge in [0.2, 0.25) is 0 Å². The lowest BCUT2D eigenvalue weighted by Gasteiger charge is -2.11. The highest BCUT2D eigenvalue weighted by Gasteiger charge is 2.04. The summed E-state index contributed by atoms with van der Waals surface area (Å²) in [6.07, 6.45) is 2.47. The van der Waals surface area contributed by atoms with E-state index < -0.39 is 0 Å². The van der Waals surface area contributed by atoms with Crippen molar-refractivity contribution in [2.24, 2.45) is 0 Å². The minimum Gasteiger partial charge on any atom is -0.0648 e. The second-order valence-corrected chi connectivity index (χ2v) is 2.85. The summed E-state index contributed by atoms with van der Waals surface area (Å²) < 4.78 is 0. The van der Waals surface area contributed by atoms with Crippen LogP contribution in [0.4, 0.5) is 0 Å². The van der Waals surface area contributed by atoms with E-state index in [4.69, 9.17) is 0 Å². The zero-order valence-electron chi connectivity index (χ0n) is 7.30. The molecule has 0 aromatic heterocycles. The maximum atomic E-state index is 3.04.